The Morgan fingerprint density at radius 2 is 1.72 bits per heavy atom. The number of rotatable bonds is 2. The van der Waals surface area contributed by atoms with E-state index in [1.165, 1.54) is 5.56 Å². The predicted octanol–water partition coefficient (Wildman–Crippen LogP) is 3.27. The molecule has 0 radical (unpaired) electrons. The molecule has 102 valence electrons. The number of nitrogens with two attached hydrogens (primary N) is 1. The summed E-state index contributed by atoms with van der Waals surface area (Å²) in [4.78, 5) is 0. The van der Waals surface area contributed by atoms with Crippen LogP contribution >= 0.6 is 0 Å². The Balaban J connectivity index is 0.000000199. The van der Waals surface area contributed by atoms with Gasteiger partial charge in [0.25, 0.3) is 0 Å². The molecule has 1 atom stereocenters. The average Bonchev–Trinajstić information content (AvgIpc) is 2.40. The van der Waals surface area contributed by atoms with Crippen molar-refractivity contribution >= 4 is 0 Å². The molecular weight excluding hydrogens is 222 g/mol. The predicted molar refractivity (Wildman–Crippen MR) is 77.4 cm³/mol. The van der Waals surface area contributed by atoms with Gasteiger partial charge in [-0.2, -0.15) is 0 Å². The van der Waals surface area contributed by atoms with Crippen molar-refractivity contribution in [2.24, 2.45) is 11.7 Å². The number of aliphatic hydroxyl groups excluding tert-OH is 1. The summed E-state index contributed by atoms with van der Waals surface area (Å²) in [6.07, 6.45) is 5.18. The molecule has 0 aromatic heterocycles. The van der Waals surface area contributed by atoms with Gasteiger partial charge in [0.1, 0.15) is 0 Å². The Morgan fingerprint density at radius 1 is 1.17 bits per heavy atom. The number of aliphatic hydroxyl groups is 1. The first-order valence-corrected chi connectivity index (χ1v) is 7.08. The Kier molecular flexibility index (Phi) is 6.99. The number of benzene rings is 1. The summed E-state index contributed by atoms with van der Waals surface area (Å²) in [5.74, 6) is 0.670. The highest BCUT2D eigenvalue weighted by Crippen LogP contribution is 2.26. The van der Waals surface area contributed by atoms with E-state index in [2.05, 4.69) is 26.0 Å². The van der Waals surface area contributed by atoms with E-state index >= 15 is 0 Å². The number of hydrogen-bond acceptors (Lipinski definition) is 2. The SMILES string of the molecule is CCC(N)C1CCC(O)CC1.Cc1ccccc1. The quantitative estimate of drug-likeness (QED) is 0.845. The van der Waals surface area contributed by atoms with Crippen molar-refractivity contribution in [3.63, 3.8) is 0 Å². The molecule has 1 aliphatic carbocycles. The fourth-order valence-corrected chi connectivity index (χ4v) is 2.40. The van der Waals surface area contributed by atoms with Crippen molar-refractivity contribution in [1.29, 1.82) is 0 Å². The van der Waals surface area contributed by atoms with Gasteiger partial charge in [-0.05, 0) is 44.9 Å². The molecule has 0 saturated heterocycles. The van der Waals surface area contributed by atoms with Crippen LogP contribution in [0.3, 0.4) is 0 Å². The maximum Gasteiger partial charge on any atom is 0.0540 e. The lowest BCUT2D eigenvalue weighted by Gasteiger charge is -2.29. The molecule has 2 heteroatoms. The second kappa shape index (κ2) is 8.28. The largest absolute Gasteiger partial charge is 0.393 e. The summed E-state index contributed by atoms with van der Waals surface area (Å²) in [5.41, 5.74) is 7.23. The zero-order valence-electron chi connectivity index (χ0n) is 11.7. The van der Waals surface area contributed by atoms with Crippen LogP contribution in [0.2, 0.25) is 0 Å². The minimum atomic E-state index is -0.0460. The van der Waals surface area contributed by atoms with Gasteiger partial charge in [-0.3, -0.25) is 0 Å². The fraction of sp³-hybridized carbons (Fsp3) is 0.625. The van der Waals surface area contributed by atoms with Crippen molar-refractivity contribution in [1.82, 2.24) is 0 Å². The van der Waals surface area contributed by atoms with E-state index in [1.807, 2.05) is 18.2 Å². The first kappa shape index (κ1) is 15.2. The third kappa shape index (κ3) is 5.65. The van der Waals surface area contributed by atoms with Gasteiger partial charge in [0, 0.05) is 6.04 Å². The van der Waals surface area contributed by atoms with Gasteiger partial charge in [-0.15, -0.1) is 0 Å². The van der Waals surface area contributed by atoms with Crippen LogP contribution in [0, 0.1) is 12.8 Å². The fourth-order valence-electron chi connectivity index (χ4n) is 2.40. The van der Waals surface area contributed by atoms with E-state index in [4.69, 9.17) is 5.73 Å². The molecule has 1 saturated carbocycles. The third-order valence-corrected chi connectivity index (χ3v) is 3.76. The van der Waals surface area contributed by atoms with Gasteiger partial charge in [0.05, 0.1) is 6.10 Å². The number of aryl methyl sites for hydroxylation is 1. The molecule has 0 aliphatic heterocycles. The van der Waals surface area contributed by atoms with Crippen LogP contribution in [0.4, 0.5) is 0 Å². The summed E-state index contributed by atoms with van der Waals surface area (Å²) in [6, 6.07) is 10.6. The van der Waals surface area contributed by atoms with Crippen LogP contribution in [0.25, 0.3) is 0 Å². The van der Waals surface area contributed by atoms with Crippen molar-refractivity contribution in [3.05, 3.63) is 35.9 Å². The van der Waals surface area contributed by atoms with Crippen molar-refractivity contribution < 1.29 is 5.11 Å². The minimum Gasteiger partial charge on any atom is -0.393 e. The highest BCUT2D eigenvalue weighted by atomic mass is 16.3. The Bertz CT molecular complexity index is 304. The lowest BCUT2D eigenvalue weighted by atomic mass is 9.82. The first-order valence-electron chi connectivity index (χ1n) is 7.08. The summed E-state index contributed by atoms with van der Waals surface area (Å²) in [5, 5.41) is 9.24. The van der Waals surface area contributed by atoms with Crippen LogP contribution in [-0.2, 0) is 0 Å². The van der Waals surface area contributed by atoms with E-state index in [9.17, 15) is 5.11 Å². The topological polar surface area (TPSA) is 46.2 Å². The molecule has 1 unspecified atom stereocenters. The number of hydrogen-bond donors (Lipinski definition) is 2. The highest BCUT2D eigenvalue weighted by molar-refractivity contribution is 5.11. The normalized spacial score (nSPS) is 24.9. The highest BCUT2D eigenvalue weighted by Gasteiger charge is 2.22. The van der Waals surface area contributed by atoms with Crippen LogP contribution in [-0.4, -0.2) is 17.3 Å². The van der Waals surface area contributed by atoms with Gasteiger partial charge in [0.2, 0.25) is 0 Å². The second-order valence-electron chi connectivity index (χ2n) is 5.30. The molecule has 2 nitrogen and oxygen atoms in total. The Morgan fingerprint density at radius 3 is 2.11 bits per heavy atom. The smallest absolute Gasteiger partial charge is 0.0540 e. The first-order chi connectivity index (χ1) is 8.63. The molecule has 1 fully saturated rings. The maximum atomic E-state index is 9.24. The van der Waals surface area contributed by atoms with E-state index in [0.29, 0.717) is 12.0 Å². The van der Waals surface area contributed by atoms with E-state index < -0.39 is 0 Å². The maximum absolute atomic E-state index is 9.24. The van der Waals surface area contributed by atoms with E-state index in [0.717, 1.165) is 32.1 Å². The molecule has 1 aromatic rings. The van der Waals surface area contributed by atoms with Gasteiger partial charge in [-0.25, -0.2) is 0 Å². The Hall–Kier alpha value is -0.860. The molecule has 1 aliphatic rings. The van der Waals surface area contributed by atoms with Gasteiger partial charge < -0.3 is 10.8 Å². The van der Waals surface area contributed by atoms with Crippen LogP contribution < -0.4 is 5.73 Å². The van der Waals surface area contributed by atoms with Gasteiger partial charge >= 0.3 is 0 Å². The molecule has 0 amide bonds. The van der Waals surface area contributed by atoms with Crippen molar-refractivity contribution in [3.8, 4) is 0 Å². The molecule has 18 heavy (non-hydrogen) atoms. The van der Waals surface area contributed by atoms with Crippen molar-refractivity contribution in [2.75, 3.05) is 0 Å². The van der Waals surface area contributed by atoms with Crippen LogP contribution in [0.5, 0.6) is 0 Å². The zero-order valence-corrected chi connectivity index (χ0v) is 11.7. The minimum absolute atomic E-state index is 0.0460. The van der Waals surface area contributed by atoms with Gasteiger partial charge in [0.15, 0.2) is 0 Å². The molecule has 1 aromatic carbocycles. The average molecular weight is 249 g/mol. The molecule has 0 heterocycles. The summed E-state index contributed by atoms with van der Waals surface area (Å²) in [6.45, 7) is 4.22. The molecule has 0 spiro atoms. The molecule has 3 N–H and O–H groups in total. The van der Waals surface area contributed by atoms with Crippen LogP contribution in [0.15, 0.2) is 30.3 Å². The molecule has 2 rings (SSSR count). The third-order valence-electron chi connectivity index (χ3n) is 3.76. The second-order valence-corrected chi connectivity index (χ2v) is 5.30. The van der Waals surface area contributed by atoms with E-state index in [-0.39, 0.29) is 6.10 Å². The van der Waals surface area contributed by atoms with Gasteiger partial charge in [-0.1, -0.05) is 42.8 Å². The zero-order chi connectivity index (χ0) is 13.4. The lowest BCUT2D eigenvalue weighted by Crippen LogP contribution is -2.33. The molecular formula is C16H27NO. The Labute approximate surface area is 111 Å². The molecule has 0 bridgehead atoms. The van der Waals surface area contributed by atoms with Crippen molar-refractivity contribution in [2.45, 2.75) is 58.1 Å². The van der Waals surface area contributed by atoms with Crippen LogP contribution in [0.1, 0.15) is 44.6 Å². The monoisotopic (exact) mass is 249 g/mol. The summed E-state index contributed by atoms with van der Waals surface area (Å²) in [7, 11) is 0. The summed E-state index contributed by atoms with van der Waals surface area (Å²) >= 11 is 0. The lowest BCUT2D eigenvalue weighted by molar-refractivity contribution is 0.101. The van der Waals surface area contributed by atoms with E-state index in [1.54, 1.807) is 0 Å². The standard InChI is InChI=1S/C9H19NO.C7H8/c1-2-9(10)7-3-5-8(11)6-4-7;1-7-5-3-2-4-6-7/h7-9,11H,2-6,10H2,1H3;2-6H,1H3. The summed E-state index contributed by atoms with van der Waals surface area (Å²) < 4.78 is 0.